The fraction of sp³-hybridized carbons (Fsp3) is 0.200. The van der Waals surface area contributed by atoms with E-state index >= 15 is 0 Å². The van der Waals surface area contributed by atoms with Crippen LogP contribution in [0.25, 0.3) is 0 Å². The number of hydrogen-bond donors (Lipinski definition) is 3. The summed E-state index contributed by atoms with van der Waals surface area (Å²) in [5.41, 5.74) is 1.18. The normalized spacial score (nSPS) is 13.4. The summed E-state index contributed by atoms with van der Waals surface area (Å²) in [5, 5.41) is 5.57. The molecule has 1 saturated carbocycles. The van der Waals surface area contributed by atoms with Gasteiger partial charge in [0.05, 0.1) is 11.4 Å². The molecule has 2 amide bonds. The van der Waals surface area contributed by atoms with Crippen molar-refractivity contribution < 1.29 is 18.0 Å². The van der Waals surface area contributed by atoms with Crippen molar-refractivity contribution >= 4 is 27.5 Å². The zero-order chi connectivity index (χ0) is 20.1. The van der Waals surface area contributed by atoms with Crippen molar-refractivity contribution in [3.63, 3.8) is 0 Å². The quantitative estimate of drug-likeness (QED) is 0.619. The van der Waals surface area contributed by atoms with Crippen LogP contribution in [0.2, 0.25) is 0 Å². The lowest BCUT2D eigenvalue weighted by Gasteiger charge is -2.09. The lowest BCUT2D eigenvalue weighted by atomic mass is 10.1. The van der Waals surface area contributed by atoms with E-state index in [1.54, 1.807) is 24.3 Å². The van der Waals surface area contributed by atoms with Gasteiger partial charge in [-0.1, -0.05) is 12.0 Å². The van der Waals surface area contributed by atoms with Crippen molar-refractivity contribution in [2.75, 3.05) is 11.9 Å². The van der Waals surface area contributed by atoms with Crippen LogP contribution < -0.4 is 15.4 Å². The summed E-state index contributed by atoms with van der Waals surface area (Å²) in [6.07, 6.45) is 7.08. The number of hydrogen-bond acceptors (Lipinski definition) is 4. The first kappa shape index (κ1) is 19.6. The second kappa shape index (κ2) is 8.25. The van der Waals surface area contributed by atoms with Crippen molar-refractivity contribution in [2.24, 2.45) is 0 Å². The van der Waals surface area contributed by atoms with Gasteiger partial charge in [0.2, 0.25) is 10.0 Å². The number of sulfonamides is 1. The Labute approximate surface area is 163 Å². The highest BCUT2D eigenvalue weighted by molar-refractivity contribution is 7.89. The van der Waals surface area contributed by atoms with Gasteiger partial charge >= 0.3 is 0 Å². The van der Waals surface area contributed by atoms with Crippen LogP contribution >= 0.6 is 0 Å². The van der Waals surface area contributed by atoms with Crippen molar-refractivity contribution in [3.8, 4) is 12.3 Å². The molecule has 0 unspecified atom stereocenters. The van der Waals surface area contributed by atoms with E-state index in [0.29, 0.717) is 11.3 Å². The first-order valence-corrected chi connectivity index (χ1v) is 10.1. The SMILES string of the molecule is C#CCNS(=O)(=O)c1cccc(C(=O)Nc2ccc(C(=O)NC3CC3)cc2)c1. The van der Waals surface area contributed by atoms with E-state index in [4.69, 9.17) is 6.42 Å². The van der Waals surface area contributed by atoms with Crippen molar-refractivity contribution in [3.05, 3.63) is 59.7 Å². The van der Waals surface area contributed by atoms with Crippen LogP contribution in [-0.2, 0) is 10.0 Å². The smallest absolute Gasteiger partial charge is 0.255 e. The lowest BCUT2D eigenvalue weighted by Crippen LogP contribution is -2.25. The van der Waals surface area contributed by atoms with E-state index in [0.717, 1.165) is 12.8 Å². The Morgan fingerprint density at radius 2 is 1.75 bits per heavy atom. The maximum Gasteiger partial charge on any atom is 0.255 e. The molecule has 0 atom stereocenters. The summed E-state index contributed by atoms with van der Waals surface area (Å²) in [7, 11) is -3.79. The van der Waals surface area contributed by atoms with Crippen LogP contribution in [0.1, 0.15) is 33.6 Å². The van der Waals surface area contributed by atoms with Crippen LogP contribution in [0, 0.1) is 12.3 Å². The molecule has 0 heterocycles. The molecular formula is C20H19N3O4S. The van der Waals surface area contributed by atoms with Crippen LogP contribution in [0.4, 0.5) is 5.69 Å². The van der Waals surface area contributed by atoms with E-state index in [-0.39, 0.29) is 29.0 Å². The molecule has 8 heteroatoms. The van der Waals surface area contributed by atoms with Crippen LogP contribution in [0.5, 0.6) is 0 Å². The summed E-state index contributed by atoms with van der Waals surface area (Å²) in [4.78, 5) is 24.4. The molecule has 144 valence electrons. The Morgan fingerprint density at radius 1 is 1.04 bits per heavy atom. The van der Waals surface area contributed by atoms with Crippen LogP contribution in [0.3, 0.4) is 0 Å². The third-order valence-corrected chi connectivity index (χ3v) is 5.49. The molecular weight excluding hydrogens is 378 g/mol. The van der Waals surface area contributed by atoms with Crippen LogP contribution in [0.15, 0.2) is 53.4 Å². The summed E-state index contributed by atoms with van der Waals surface area (Å²) in [5.74, 6) is 1.58. The Hall–Kier alpha value is -3.15. The Bertz CT molecular complexity index is 1040. The Kier molecular flexibility index (Phi) is 5.78. The molecule has 0 aliphatic heterocycles. The molecule has 28 heavy (non-hydrogen) atoms. The average Bonchev–Trinajstić information content (AvgIpc) is 3.51. The van der Waals surface area contributed by atoms with Gasteiger partial charge in [-0.15, -0.1) is 6.42 Å². The van der Waals surface area contributed by atoms with E-state index in [9.17, 15) is 18.0 Å². The third-order valence-electron chi connectivity index (χ3n) is 4.09. The second-order valence-electron chi connectivity index (χ2n) is 6.34. The highest BCUT2D eigenvalue weighted by Gasteiger charge is 2.23. The largest absolute Gasteiger partial charge is 0.349 e. The molecule has 0 radical (unpaired) electrons. The van der Waals surface area contributed by atoms with Gasteiger partial charge < -0.3 is 10.6 Å². The van der Waals surface area contributed by atoms with E-state index in [1.165, 1.54) is 24.3 Å². The standard InChI is InChI=1S/C20H19N3O4S/c1-2-12-21-28(26,27)18-5-3-4-15(13-18)20(25)23-16-8-6-14(7-9-16)19(24)22-17-10-11-17/h1,3-9,13,17,21H,10-12H2,(H,22,24)(H,23,25). The molecule has 0 bridgehead atoms. The number of terminal acetylenes is 1. The van der Waals surface area contributed by atoms with Gasteiger partial charge in [0, 0.05) is 22.9 Å². The van der Waals surface area contributed by atoms with Crippen molar-refractivity contribution in [1.82, 2.24) is 10.0 Å². The fourth-order valence-corrected chi connectivity index (χ4v) is 3.41. The third kappa shape index (κ3) is 4.97. The predicted molar refractivity (Wildman–Crippen MR) is 105 cm³/mol. The predicted octanol–water partition coefficient (Wildman–Crippen LogP) is 1.74. The molecule has 2 aromatic rings. The lowest BCUT2D eigenvalue weighted by molar-refractivity contribution is 0.0950. The summed E-state index contributed by atoms with van der Waals surface area (Å²) in [6.45, 7) is -0.139. The topological polar surface area (TPSA) is 104 Å². The molecule has 0 aromatic heterocycles. The van der Waals surface area contributed by atoms with Crippen LogP contribution in [-0.4, -0.2) is 32.8 Å². The molecule has 0 saturated heterocycles. The molecule has 2 aromatic carbocycles. The molecule has 3 rings (SSSR count). The van der Waals surface area contributed by atoms with Gasteiger partial charge in [-0.05, 0) is 55.3 Å². The highest BCUT2D eigenvalue weighted by atomic mass is 32.2. The van der Waals surface area contributed by atoms with Gasteiger partial charge in [-0.25, -0.2) is 8.42 Å². The Balaban J connectivity index is 1.68. The van der Waals surface area contributed by atoms with Gasteiger partial charge in [0.25, 0.3) is 11.8 Å². The number of carbonyl (C=O) groups excluding carboxylic acids is 2. The number of benzene rings is 2. The number of rotatable bonds is 7. The minimum Gasteiger partial charge on any atom is -0.349 e. The second-order valence-corrected chi connectivity index (χ2v) is 8.10. The zero-order valence-electron chi connectivity index (χ0n) is 14.9. The maximum atomic E-state index is 12.4. The minimum atomic E-state index is -3.79. The summed E-state index contributed by atoms with van der Waals surface area (Å²) in [6, 6.07) is 12.4. The molecule has 1 aliphatic carbocycles. The zero-order valence-corrected chi connectivity index (χ0v) is 15.8. The first-order valence-electron chi connectivity index (χ1n) is 8.64. The molecule has 1 aliphatic rings. The van der Waals surface area contributed by atoms with Gasteiger partial charge in [0.1, 0.15) is 0 Å². The summed E-state index contributed by atoms with van der Waals surface area (Å²) >= 11 is 0. The maximum absolute atomic E-state index is 12.4. The average molecular weight is 397 g/mol. The monoisotopic (exact) mass is 397 g/mol. The number of anilines is 1. The van der Waals surface area contributed by atoms with Gasteiger partial charge in [0.15, 0.2) is 0 Å². The number of carbonyl (C=O) groups is 2. The fourth-order valence-electron chi connectivity index (χ4n) is 2.43. The van der Waals surface area contributed by atoms with E-state index in [2.05, 4.69) is 21.3 Å². The molecule has 0 spiro atoms. The van der Waals surface area contributed by atoms with Crippen molar-refractivity contribution in [2.45, 2.75) is 23.8 Å². The molecule has 7 nitrogen and oxygen atoms in total. The highest BCUT2D eigenvalue weighted by Crippen LogP contribution is 2.20. The Morgan fingerprint density at radius 3 is 2.39 bits per heavy atom. The van der Waals surface area contributed by atoms with Gasteiger partial charge in [-0.2, -0.15) is 4.72 Å². The van der Waals surface area contributed by atoms with Gasteiger partial charge in [-0.3, -0.25) is 9.59 Å². The minimum absolute atomic E-state index is 0.0532. The van der Waals surface area contributed by atoms with E-state index < -0.39 is 15.9 Å². The number of amides is 2. The van der Waals surface area contributed by atoms with Crippen molar-refractivity contribution in [1.29, 1.82) is 0 Å². The molecule has 1 fully saturated rings. The summed E-state index contributed by atoms with van der Waals surface area (Å²) < 4.78 is 26.5. The molecule has 3 N–H and O–H groups in total. The first-order chi connectivity index (χ1) is 13.4. The number of nitrogens with one attached hydrogen (secondary N) is 3. The van der Waals surface area contributed by atoms with E-state index in [1.807, 2.05) is 0 Å².